The van der Waals surface area contributed by atoms with Crippen molar-refractivity contribution >= 4 is 45.9 Å². The van der Waals surface area contributed by atoms with Crippen LogP contribution in [0.5, 0.6) is 0 Å². The summed E-state index contributed by atoms with van der Waals surface area (Å²) in [6, 6.07) is 5.36. The molecule has 0 saturated carbocycles. The van der Waals surface area contributed by atoms with E-state index in [-0.39, 0.29) is 17.9 Å². The molecule has 2 amide bonds. The molecule has 0 bridgehead atoms. The number of H-pyrrole nitrogens is 1. The lowest BCUT2D eigenvalue weighted by atomic mass is 10.0. The quantitative estimate of drug-likeness (QED) is 0.759. The Morgan fingerprint density at radius 2 is 2.00 bits per heavy atom. The van der Waals surface area contributed by atoms with Gasteiger partial charge in [0.25, 0.3) is 5.91 Å². The molecule has 2 heterocycles. The second-order valence-electron chi connectivity index (χ2n) is 6.20. The summed E-state index contributed by atoms with van der Waals surface area (Å²) in [5.74, 6) is -0.215. The van der Waals surface area contributed by atoms with Crippen molar-refractivity contribution in [2.24, 2.45) is 0 Å². The number of piperidine rings is 1. The largest absolute Gasteiger partial charge is 0.358 e. The van der Waals surface area contributed by atoms with Crippen LogP contribution < -0.4 is 10.6 Å². The molecule has 8 heteroatoms. The Labute approximate surface area is 155 Å². The Morgan fingerprint density at radius 3 is 2.68 bits per heavy atom. The molecule has 0 spiro atoms. The van der Waals surface area contributed by atoms with Gasteiger partial charge in [-0.15, -0.1) is 0 Å². The molecule has 1 aromatic carbocycles. The van der Waals surface area contributed by atoms with Gasteiger partial charge in [0, 0.05) is 42.1 Å². The number of nitrogens with zero attached hydrogens (tertiary/aromatic N) is 1. The molecule has 1 aromatic heterocycles. The van der Waals surface area contributed by atoms with E-state index in [4.69, 9.17) is 23.2 Å². The summed E-state index contributed by atoms with van der Waals surface area (Å²) in [6.45, 7) is 1.94. The smallest absolute Gasteiger partial charge is 0.269 e. The number of rotatable bonds is 4. The molecule has 2 aromatic rings. The van der Waals surface area contributed by atoms with Crippen LogP contribution in [-0.4, -0.2) is 54.4 Å². The van der Waals surface area contributed by atoms with E-state index in [9.17, 15) is 9.59 Å². The van der Waals surface area contributed by atoms with Gasteiger partial charge >= 0.3 is 0 Å². The highest BCUT2D eigenvalue weighted by atomic mass is 35.5. The first-order valence-corrected chi connectivity index (χ1v) is 8.94. The fraction of sp³-hybridized carbons (Fsp3) is 0.412. The zero-order chi connectivity index (χ0) is 18.0. The normalized spacial score (nSPS) is 16.1. The number of fused-ring (bicyclic) bond motifs is 1. The molecule has 0 aliphatic carbocycles. The maximum atomic E-state index is 12.6. The molecule has 0 unspecified atom stereocenters. The van der Waals surface area contributed by atoms with E-state index in [2.05, 4.69) is 20.5 Å². The zero-order valence-corrected chi connectivity index (χ0v) is 15.4. The summed E-state index contributed by atoms with van der Waals surface area (Å²) in [7, 11) is 1.63. The average Bonchev–Trinajstić information content (AvgIpc) is 2.93. The Hall–Kier alpha value is -1.76. The van der Waals surface area contributed by atoms with Crippen LogP contribution >= 0.6 is 23.2 Å². The number of likely N-dealkylation sites (N-methyl/N-ethyl adjacent to an activating group) is 1. The monoisotopic (exact) mass is 382 g/mol. The summed E-state index contributed by atoms with van der Waals surface area (Å²) in [6.07, 6.45) is 1.60. The number of hydrogen-bond donors (Lipinski definition) is 3. The topological polar surface area (TPSA) is 77.2 Å². The lowest BCUT2D eigenvalue weighted by Crippen LogP contribution is -2.47. The van der Waals surface area contributed by atoms with Crippen LogP contribution in [0.2, 0.25) is 10.0 Å². The van der Waals surface area contributed by atoms with E-state index < -0.39 is 0 Å². The van der Waals surface area contributed by atoms with Gasteiger partial charge in [0.05, 0.1) is 11.6 Å². The maximum Gasteiger partial charge on any atom is 0.269 e. The number of aromatic amines is 1. The molecule has 25 heavy (non-hydrogen) atoms. The first-order chi connectivity index (χ1) is 12.0. The molecule has 6 nitrogen and oxygen atoms in total. The molecule has 3 N–H and O–H groups in total. The van der Waals surface area contributed by atoms with E-state index in [1.165, 1.54) is 0 Å². The van der Waals surface area contributed by atoms with Crippen molar-refractivity contribution in [2.75, 3.05) is 26.7 Å². The lowest BCUT2D eigenvalue weighted by Gasteiger charge is -2.31. The van der Waals surface area contributed by atoms with Gasteiger partial charge in [-0.1, -0.05) is 23.2 Å². The molecule has 1 saturated heterocycles. The highest BCUT2D eigenvalue weighted by Gasteiger charge is 2.24. The molecule has 3 rings (SSSR count). The molecular weight excluding hydrogens is 363 g/mol. The van der Waals surface area contributed by atoms with Crippen LogP contribution in [0, 0.1) is 0 Å². The van der Waals surface area contributed by atoms with Crippen LogP contribution in [0.25, 0.3) is 10.9 Å². The van der Waals surface area contributed by atoms with Crippen LogP contribution in [-0.2, 0) is 4.79 Å². The van der Waals surface area contributed by atoms with Crippen LogP contribution in [0.3, 0.4) is 0 Å². The van der Waals surface area contributed by atoms with Gasteiger partial charge < -0.3 is 15.6 Å². The minimum Gasteiger partial charge on any atom is -0.358 e. The Kier molecular flexibility index (Phi) is 5.51. The second kappa shape index (κ2) is 7.64. The first kappa shape index (κ1) is 18.0. The molecule has 1 fully saturated rings. The van der Waals surface area contributed by atoms with Gasteiger partial charge in [-0.25, -0.2) is 0 Å². The zero-order valence-electron chi connectivity index (χ0n) is 13.9. The third kappa shape index (κ3) is 4.08. The summed E-state index contributed by atoms with van der Waals surface area (Å²) in [4.78, 5) is 29.1. The third-order valence-corrected chi connectivity index (χ3v) is 5.12. The predicted octanol–water partition coefficient (Wildman–Crippen LogP) is 2.41. The Bertz CT molecular complexity index is 797. The van der Waals surface area contributed by atoms with Gasteiger partial charge in [-0.2, -0.15) is 0 Å². The Balaban J connectivity index is 1.62. The number of likely N-dealkylation sites (tertiary alicyclic amines) is 1. The number of aromatic nitrogens is 1. The van der Waals surface area contributed by atoms with E-state index in [1.807, 2.05) is 0 Å². The number of amides is 2. The molecule has 1 aliphatic heterocycles. The minimum atomic E-state index is -0.220. The average molecular weight is 383 g/mol. The lowest BCUT2D eigenvalue weighted by molar-refractivity contribution is -0.122. The van der Waals surface area contributed by atoms with E-state index in [0.29, 0.717) is 22.3 Å². The molecular formula is C17H20Cl2N4O2. The van der Waals surface area contributed by atoms with Crippen LogP contribution in [0.4, 0.5) is 0 Å². The predicted molar refractivity (Wildman–Crippen MR) is 99.3 cm³/mol. The number of nitrogens with one attached hydrogen (secondary N) is 3. The number of halogens is 2. The van der Waals surface area contributed by atoms with Crippen LogP contribution in [0.1, 0.15) is 23.3 Å². The summed E-state index contributed by atoms with van der Waals surface area (Å²) in [5, 5.41) is 7.34. The fourth-order valence-electron chi connectivity index (χ4n) is 3.06. The fourth-order valence-corrected chi connectivity index (χ4v) is 3.52. The SMILES string of the molecule is CNC(=O)CN1CCC(NC(=O)c2[nH]c3ccc(Cl)cc3c2Cl)CC1. The first-order valence-electron chi connectivity index (χ1n) is 8.18. The van der Waals surface area contributed by atoms with E-state index >= 15 is 0 Å². The summed E-state index contributed by atoms with van der Waals surface area (Å²) >= 11 is 12.3. The van der Waals surface area contributed by atoms with Crippen molar-refractivity contribution in [3.8, 4) is 0 Å². The van der Waals surface area contributed by atoms with Crippen molar-refractivity contribution in [1.29, 1.82) is 0 Å². The number of hydrogen-bond acceptors (Lipinski definition) is 3. The van der Waals surface area contributed by atoms with Crippen LogP contribution in [0.15, 0.2) is 18.2 Å². The van der Waals surface area contributed by atoms with Gasteiger partial charge in [0.1, 0.15) is 5.69 Å². The third-order valence-electron chi connectivity index (χ3n) is 4.49. The number of carbonyl (C=O) groups excluding carboxylic acids is 2. The molecule has 0 atom stereocenters. The van der Waals surface area contributed by atoms with Gasteiger partial charge in [0.2, 0.25) is 5.91 Å². The molecule has 1 aliphatic rings. The second-order valence-corrected chi connectivity index (χ2v) is 7.02. The van der Waals surface area contributed by atoms with E-state index in [0.717, 1.165) is 36.8 Å². The summed E-state index contributed by atoms with van der Waals surface area (Å²) in [5.41, 5.74) is 1.13. The highest BCUT2D eigenvalue weighted by Crippen LogP contribution is 2.29. The van der Waals surface area contributed by atoms with Gasteiger partial charge in [-0.05, 0) is 31.0 Å². The number of carbonyl (C=O) groups is 2. The standard InChI is InChI=1S/C17H20Cl2N4O2/c1-20-14(24)9-23-6-4-11(5-7-23)21-17(25)16-15(19)12-8-10(18)2-3-13(12)22-16/h2-3,8,11,22H,4-7,9H2,1H3,(H,20,24)(H,21,25). The van der Waals surface area contributed by atoms with E-state index in [1.54, 1.807) is 25.2 Å². The van der Waals surface area contributed by atoms with Crippen molar-refractivity contribution in [3.63, 3.8) is 0 Å². The van der Waals surface area contributed by atoms with Gasteiger partial charge in [-0.3, -0.25) is 14.5 Å². The van der Waals surface area contributed by atoms with Crippen molar-refractivity contribution in [1.82, 2.24) is 20.5 Å². The molecule has 134 valence electrons. The summed E-state index contributed by atoms with van der Waals surface area (Å²) < 4.78 is 0. The van der Waals surface area contributed by atoms with Crippen molar-refractivity contribution < 1.29 is 9.59 Å². The van der Waals surface area contributed by atoms with Crippen molar-refractivity contribution in [3.05, 3.63) is 33.9 Å². The minimum absolute atomic E-state index is 0.00556. The number of benzene rings is 1. The Morgan fingerprint density at radius 1 is 1.28 bits per heavy atom. The van der Waals surface area contributed by atoms with Gasteiger partial charge in [0.15, 0.2) is 0 Å². The highest BCUT2D eigenvalue weighted by molar-refractivity contribution is 6.39. The van der Waals surface area contributed by atoms with Crippen molar-refractivity contribution in [2.45, 2.75) is 18.9 Å². The molecule has 0 radical (unpaired) electrons. The maximum absolute atomic E-state index is 12.6.